The van der Waals surface area contributed by atoms with E-state index in [0.717, 1.165) is 18.1 Å². The molecule has 1 aliphatic rings. The highest BCUT2D eigenvalue weighted by molar-refractivity contribution is 5.09. The first-order valence-electron chi connectivity index (χ1n) is 2.91. The predicted octanol–water partition coefficient (Wildman–Crippen LogP) is 1.05. The van der Waals surface area contributed by atoms with Gasteiger partial charge in [-0.05, 0) is 6.92 Å². The van der Waals surface area contributed by atoms with Crippen molar-refractivity contribution < 1.29 is 9.26 Å². The van der Waals surface area contributed by atoms with E-state index < -0.39 is 0 Å². The van der Waals surface area contributed by atoms with Gasteiger partial charge in [-0.2, -0.15) is 0 Å². The van der Waals surface area contributed by atoms with Crippen LogP contribution in [0.1, 0.15) is 17.6 Å². The Bertz CT molecular complexity index is 215. The molecule has 1 atom stereocenters. The number of rotatable bonds is 1. The molecule has 0 spiro atoms. The first kappa shape index (κ1) is 4.99. The van der Waals surface area contributed by atoms with Crippen molar-refractivity contribution in [2.45, 2.75) is 13.0 Å². The summed E-state index contributed by atoms with van der Waals surface area (Å²) in [5.41, 5.74) is 0.924. The Labute approximate surface area is 52.6 Å². The Kier molecular flexibility index (Phi) is 0.873. The van der Waals surface area contributed by atoms with Crippen LogP contribution >= 0.6 is 0 Å². The third-order valence-corrected chi connectivity index (χ3v) is 1.31. The van der Waals surface area contributed by atoms with Gasteiger partial charge in [0.2, 0.25) is 0 Å². The zero-order valence-corrected chi connectivity index (χ0v) is 5.13. The zero-order valence-electron chi connectivity index (χ0n) is 5.13. The fourth-order valence-electron chi connectivity index (χ4n) is 0.756. The summed E-state index contributed by atoms with van der Waals surface area (Å²) in [6.07, 6.45) is 0.224. The molecule has 2 rings (SSSR count). The number of nitrogens with zero attached hydrogens (tertiary/aromatic N) is 1. The van der Waals surface area contributed by atoms with Crippen molar-refractivity contribution in [2.75, 3.05) is 6.61 Å². The van der Waals surface area contributed by atoms with Gasteiger partial charge < -0.3 is 9.26 Å². The van der Waals surface area contributed by atoms with Gasteiger partial charge in [0.15, 0.2) is 0 Å². The minimum atomic E-state index is 0.224. The van der Waals surface area contributed by atoms with Crippen molar-refractivity contribution >= 4 is 0 Å². The highest BCUT2D eigenvalue weighted by atomic mass is 16.6. The molecular weight excluding hydrogens is 118 g/mol. The van der Waals surface area contributed by atoms with E-state index in [1.54, 1.807) is 0 Å². The standard InChI is InChI=1S/C6H7NO2/c1-4-2-5(7-9-4)6-3-8-6/h2,6H,3H2,1H3/t6-/m0/s1. The SMILES string of the molecule is Cc1cc([C@@H]2CO2)no1. The predicted molar refractivity (Wildman–Crippen MR) is 29.9 cm³/mol. The molecule has 1 fully saturated rings. The van der Waals surface area contributed by atoms with Crippen LogP contribution in [0, 0.1) is 6.92 Å². The van der Waals surface area contributed by atoms with E-state index in [9.17, 15) is 0 Å². The number of epoxide rings is 1. The molecular formula is C6H7NO2. The molecule has 3 nitrogen and oxygen atoms in total. The molecule has 0 radical (unpaired) electrons. The van der Waals surface area contributed by atoms with Gasteiger partial charge in [-0.25, -0.2) is 0 Å². The average Bonchev–Trinajstić information content (AvgIpc) is 2.58. The van der Waals surface area contributed by atoms with E-state index >= 15 is 0 Å². The summed E-state index contributed by atoms with van der Waals surface area (Å²) >= 11 is 0. The van der Waals surface area contributed by atoms with Crippen molar-refractivity contribution in [1.82, 2.24) is 5.16 Å². The lowest BCUT2D eigenvalue weighted by molar-refractivity contribution is 0.366. The molecule has 0 aromatic carbocycles. The summed E-state index contributed by atoms with van der Waals surface area (Å²) in [4.78, 5) is 0. The molecule has 0 unspecified atom stereocenters. The second-order valence-corrected chi connectivity index (χ2v) is 2.18. The smallest absolute Gasteiger partial charge is 0.134 e. The van der Waals surface area contributed by atoms with Gasteiger partial charge in [-0.1, -0.05) is 5.16 Å². The summed E-state index contributed by atoms with van der Waals surface area (Å²) < 4.78 is 9.82. The summed E-state index contributed by atoms with van der Waals surface area (Å²) in [5.74, 6) is 0.848. The molecule has 0 N–H and O–H groups in total. The molecule has 48 valence electrons. The van der Waals surface area contributed by atoms with Crippen LogP contribution in [-0.2, 0) is 4.74 Å². The highest BCUT2D eigenvalue weighted by Gasteiger charge is 2.27. The van der Waals surface area contributed by atoms with Crippen LogP contribution in [0.4, 0.5) is 0 Å². The number of hydrogen-bond acceptors (Lipinski definition) is 3. The molecule has 0 bridgehead atoms. The van der Waals surface area contributed by atoms with Gasteiger partial charge in [-0.3, -0.25) is 0 Å². The monoisotopic (exact) mass is 125 g/mol. The van der Waals surface area contributed by atoms with Crippen LogP contribution in [0.5, 0.6) is 0 Å². The van der Waals surface area contributed by atoms with Gasteiger partial charge in [-0.15, -0.1) is 0 Å². The van der Waals surface area contributed by atoms with E-state index in [-0.39, 0.29) is 6.10 Å². The third-order valence-electron chi connectivity index (χ3n) is 1.31. The lowest BCUT2D eigenvalue weighted by atomic mass is 10.3. The van der Waals surface area contributed by atoms with Gasteiger partial charge in [0.05, 0.1) is 6.61 Å². The van der Waals surface area contributed by atoms with E-state index in [4.69, 9.17) is 9.26 Å². The molecule has 3 heteroatoms. The van der Waals surface area contributed by atoms with Crippen molar-refractivity contribution in [1.29, 1.82) is 0 Å². The second kappa shape index (κ2) is 1.57. The molecule has 1 aromatic heterocycles. The van der Waals surface area contributed by atoms with Crippen LogP contribution in [0.3, 0.4) is 0 Å². The molecule has 0 saturated carbocycles. The van der Waals surface area contributed by atoms with E-state index in [1.165, 1.54) is 0 Å². The first-order chi connectivity index (χ1) is 4.36. The zero-order chi connectivity index (χ0) is 6.27. The lowest BCUT2D eigenvalue weighted by Gasteiger charge is -1.75. The van der Waals surface area contributed by atoms with Crippen molar-refractivity contribution in [3.63, 3.8) is 0 Å². The minimum absolute atomic E-state index is 0.224. The van der Waals surface area contributed by atoms with Crippen molar-refractivity contribution in [2.24, 2.45) is 0 Å². The van der Waals surface area contributed by atoms with E-state index in [1.807, 2.05) is 13.0 Å². The Morgan fingerprint density at radius 2 is 2.56 bits per heavy atom. The van der Waals surface area contributed by atoms with Crippen LogP contribution in [-0.4, -0.2) is 11.8 Å². The summed E-state index contributed by atoms with van der Waals surface area (Å²) in [5, 5.41) is 3.78. The number of ether oxygens (including phenoxy) is 1. The number of hydrogen-bond donors (Lipinski definition) is 0. The van der Waals surface area contributed by atoms with Crippen LogP contribution in [0.15, 0.2) is 10.6 Å². The second-order valence-electron chi connectivity index (χ2n) is 2.18. The summed E-state index contributed by atoms with van der Waals surface area (Å²) in [6, 6.07) is 1.90. The Morgan fingerprint density at radius 1 is 1.78 bits per heavy atom. The van der Waals surface area contributed by atoms with E-state index in [0.29, 0.717) is 0 Å². The Hall–Kier alpha value is -0.830. The van der Waals surface area contributed by atoms with Crippen LogP contribution in [0.25, 0.3) is 0 Å². The quantitative estimate of drug-likeness (QED) is 0.526. The van der Waals surface area contributed by atoms with Crippen molar-refractivity contribution in [3.05, 3.63) is 17.5 Å². The molecule has 1 aromatic rings. The average molecular weight is 125 g/mol. The Morgan fingerprint density at radius 3 is 3.00 bits per heavy atom. The summed E-state index contributed by atoms with van der Waals surface area (Å²) in [7, 11) is 0. The third kappa shape index (κ3) is 0.833. The topological polar surface area (TPSA) is 38.6 Å². The molecule has 0 amide bonds. The van der Waals surface area contributed by atoms with Gasteiger partial charge in [0, 0.05) is 6.07 Å². The van der Waals surface area contributed by atoms with Gasteiger partial charge in [0.1, 0.15) is 17.6 Å². The van der Waals surface area contributed by atoms with E-state index in [2.05, 4.69) is 5.16 Å². The van der Waals surface area contributed by atoms with Gasteiger partial charge >= 0.3 is 0 Å². The van der Waals surface area contributed by atoms with Crippen LogP contribution < -0.4 is 0 Å². The minimum Gasteiger partial charge on any atom is -0.366 e. The Balaban J connectivity index is 2.28. The van der Waals surface area contributed by atoms with Crippen LogP contribution in [0.2, 0.25) is 0 Å². The maximum Gasteiger partial charge on any atom is 0.134 e. The number of aryl methyl sites for hydroxylation is 1. The largest absolute Gasteiger partial charge is 0.366 e. The lowest BCUT2D eigenvalue weighted by Crippen LogP contribution is -1.75. The summed E-state index contributed by atoms with van der Waals surface area (Å²) in [6.45, 7) is 2.67. The fraction of sp³-hybridized carbons (Fsp3) is 0.500. The normalized spacial score (nSPS) is 24.3. The van der Waals surface area contributed by atoms with Crippen molar-refractivity contribution in [3.8, 4) is 0 Å². The maximum atomic E-state index is 4.99. The number of aromatic nitrogens is 1. The molecule has 9 heavy (non-hydrogen) atoms. The molecule has 2 heterocycles. The van der Waals surface area contributed by atoms with Gasteiger partial charge in [0.25, 0.3) is 0 Å². The highest BCUT2D eigenvalue weighted by Crippen LogP contribution is 2.28. The molecule has 1 aliphatic heterocycles. The molecule has 1 saturated heterocycles. The fourth-order valence-corrected chi connectivity index (χ4v) is 0.756. The first-order valence-corrected chi connectivity index (χ1v) is 2.91. The molecule has 0 aliphatic carbocycles. The maximum absolute atomic E-state index is 4.99.